The Hall–Kier alpha value is -1.92. The fourth-order valence-electron chi connectivity index (χ4n) is 2.17. The Kier molecular flexibility index (Phi) is 5.51. The van der Waals surface area contributed by atoms with Crippen molar-refractivity contribution in [1.82, 2.24) is 9.88 Å². The average Bonchev–Trinajstić information content (AvgIpc) is 2.90. The summed E-state index contributed by atoms with van der Waals surface area (Å²) in [6, 6.07) is 5.99. The highest BCUT2D eigenvalue weighted by Gasteiger charge is 2.13. The number of methoxy groups -OCH3 is 1. The maximum absolute atomic E-state index is 12.3. The molecule has 0 fully saturated rings. The van der Waals surface area contributed by atoms with E-state index in [0.29, 0.717) is 18.3 Å². The molecule has 22 heavy (non-hydrogen) atoms. The van der Waals surface area contributed by atoms with Gasteiger partial charge in [-0.1, -0.05) is 29.5 Å². The Balaban J connectivity index is 1.99. The number of aromatic nitrogens is 1. The molecular weight excluding hydrogens is 298 g/mol. The lowest BCUT2D eigenvalue weighted by atomic mass is 10.0. The minimum absolute atomic E-state index is 0.166. The zero-order chi connectivity index (χ0) is 16.1. The van der Waals surface area contributed by atoms with E-state index in [0.717, 1.165) is 4.88 Å². The van der Waals surface area contributed by atoms with E-state index in [-0.39, 0.29) is 6.03 Å². The molecule has 1 aromatic heterocycles. The van der Waals surface area contributed by atoms with Gasteiger partial charge < -0.3 is 9.64 Å². The van der Waals surface area contributed by atoms with Gasteiger partial charge in [-0.15, -0.1) is 0 Å². The van der Waals surface area contributed by atoms with Crippen molar-refractivity contribution in [3.63, 3.8) is 0 Å². The Morgan fingerprint density at radius 3 is 2.68 bits per heavy atom. The smallest absolute Gasteiger partial charge is 0.323 e. The summed E-state index contributed by atoms with van der Waals surface area (Å²) in [6.45, 7) is 5.20. The number of carbonyl (C=O) groups is 1. The number of nitrogens with one attached hydrogen (secondary N) is 1. The van der Waals surface area contributed by atoms with Crippen molar-refractivity contribution >= 4 is 22.5 Å². The maximum atomic E-state index is 12.3. The number of anilines is 1. The predicted octanol–water partition coefficient (Wildman–Crippen LogP) is 3.57. The molecule has 0 spiro atoms. The van der Waals surface area contributed by atoms with E-state index in [9.17, 15) is 4.79 Å². The number of thiazole rings is 1. The van der Waals surface area contributed by atoms with Gasteiger partial charge in [0, 0.05) is 26.9 Å². The van der Waals surface area contributed by atoms with E-state index in [1.165, 1.54) is 28.0 Å². The monoisotopic (exact) mass is 319 g/mol. The molecule has 2 aromatic rings. The summed E-state index contributed by atoms with van der Waals surface area (Å²) in [7, 11) is 3.42. The van der Waals surface area contributed by atoms with Gasteiger partial charge in [-0.05, 0) is 30.5 Å². The summed E-state index contributed by atoms with van der Waals surface area (Å²) in [5, 5.41) is 3.41. The Morgan fingerprint density at radius 1 is 1.36 bits per heavy atom. The fraction of sp³-hybridized carbons (Fsp3) is 0.375. The van der Waals surface area contributed by atoms with Gasteiger partial charge >= 0.3 is 6.03 Å². The van der Waals surface area contributed by atoms with Crippen LogP contribution < -0.4 is 5.32 Å². The standard InChI is InChI=1S/C16H21N3O2S/c1-11-6-5-7-12(2)14(11)9-19(3)16(20)18-15-17-8-13(22-15)10-21-4/h5-8H,9-10H2,1-4H3,(H,17,18,20). The van der Waals surface area contributed by atoms with E-state index < -0.39 is 0 Å². The summed E-state index contributed by atoms with van der Waals surface area (Å²) in [5.41, 5.74) is 3.56. The summed E-state index contributed by atoms with van der Waals surface area (Å²) in [6.07, 6.45) is 1.72. The van der Waals surface area contributed by atoms with Crippen molar-refractivity contribution < 1.29 is 9.53 Å². The summed E-state index contributed by atoms with van der Waals surface area (Å²) >= 11 is 1.42. The Labute approximate surface area is 134 Å². The molecule has 0 bridgehead atoms. The SMILES string of the molecule is COCc1cnc(NC(=O)N(C)Cc2c(C)cccc2C)s1. The molecule has 1 heterocycles. The van der Waals surface area contributed by atoms with E-state index in [4.69, 9.17) is 4.74 Å². The number of hydrogen-bond donors (Lipinski definition) is 1. The molecule has 1 aromatic carbocycles. The van der Waals surface area contributed by atoms with Gasteiger partial charge in [0.1, 0.15) is 0 Å². The van der Waals surface area contributed by atoms with Gasteiger partial charge in [0.05, 0.1) is 11.5 Å². The average molecular weight is 319 g/mol. The van der Waals surface area contributed by atoms with Crippen molar-refractivity contribution in [2.45, 2.75) is 27.0 Å². The van der Waals surface area contributed by atoms with Crippen molar-refractivity contribution in [3.8, 4) is 0 Å². The third-order valence-corrected chi connectivity index (χ3v) is 4.33. The molecule has 0 saturated heterocycles. The normalized spacial score (nSPS) is 10.5. The third kappa shape index (κ3) is 4.05. The second kappa shape index (κ2) is 7.38. The van der Waals surface area contributed by atoms with Crippen LogP contribution in [-0.4, -0.2) is 30.1 Å². The van der Waals surface area contributed by atoms with Crippen molar-refractivity contribution in [2.75, 3.05) is 19.5 Å². The molecule has 118 valence electrons. The molecule has 2 rings (SSSR count). The van der Waals surface area contributed by atoms with Crippen LogP contribution >= 0.6 is 11.3 Å². The first-order valence-corrected chi connectivity index (χ1v) is 7.83. The van der Waals surface area contributed by atoms with Gasteiger partial charge in [0.15, 0.2) is 5.13 Å². The largest absolute Gasteiger partial charge is 0.379 e. The van der Waals surface area contributed by atoms with Crippen LogP contribution in [0.5, 0.6) is 0 Å². The lowest BCUT2D eigenvalue weighted by molar-refractivity contribution is 0.187. The quantitative estimate of drug-likeness (QED) is 0.916. The van der Waals surface area contributed by atoms with Gasteiger partial charge in [0.2, 0.25) is 0 Å². The zero-order valence-electron chi connectivity index (χ0n) is 13.3. The number of rotatable bonds is 5. The second-order valence-electron chi connectivity index (χ2n) is 5.22. The highest BCUT2D eigenvalue weighted by Crippen LogP contribution is 2.20. The van der Waals surface area contributed by atoms with Crippen molar-refractivity contribution in [2.24, 2.45) is 0 Å². The van der Waals surface area contributed by atoms with E-state index in [1.807, 2.05) is 6.07 Å². The van der Waals surface area contributed by atoms with Crippen LogP contribution in [0.25, 0.3) is 0 Å². The Bertz CT molecular complexity index is 634. The number of benzene rings is 1. The molecule has 0 aliphatic heterocycles. The van der Waals surface area contributed by atoms with Gasteiger partial charge in [-0.3, -0.25) is 5.32 Å². The predicted molar refractivity (Wildman–Crippen MR) is 89.2 cm³/mol. The summed E-state index contributed by atoms with van der Waals surface area (Å²) in [4.78, 5) is 19.1. The van der Waals surface area contributed by atoms with Crippen LogP contribution in [0.4, 0.5) is 9.93 Å². The highest BCUT2D eigenvalue weighted by atomic mass is 32.1. The number of nitrogens with zero attached hydrogens (tertiary/aromatic N) is 2. The summed E-state index contributed by atoms with van der Waals surface area (Å²) < 4.78 is 5.05. The minimum atomic E-state index is -0.166. The van der Waals surface area contributed by atoms with Crippen LogP contribution in [0, 0.1) is 13.8 Å². The lowest BCUT2D eigenvalue weighted by Crippen LogP contribution is -2.31. The van der Waals surface area contributed by atoms with Crippen LogP contribution in [0.3, 0.4) is 0 Å². The molecule has 0 atom stereocenters. The fourth-order valence-corrected chi connectivity index (χ4v) is 2.94. The van der Waals surface area contributed by atoms with Crippen LogP contribution in [0.2, 0.25) is 0 Å². The van der Waals surface area contributed by atoms with Crippen molar-refractivity contribution in [1.29, 1.82) is 0 Å². The van der Waals surface area contributed by atoms with E-state index in [1.54, 1.807) is 25.3 Å². The first-order chi connectivity index (χ1) is 10.5. The number of hydrogen-bond acceptors (Lipinski definition) is 4. The van der Waals surface area contributed by atoms with Gasteiger partial charge in [-0.25, -0.2) is 9.78 Å². The lowest BCUT2D eigenvalue weighted by Gasteiger charge is -2.19. The number of carbonyl (C=O) groups excluding carboxylic acids is 1. The van der Waals surface area contributed by atoms with E-state index >= 15 is 0 Å². The first kappa shape index (κ1) is 16.5. The molecule has 0 radical (unpaired) electrons. The molecular formula is C16H21N3O2S. The molecule has 5 nitrogen and oxygen atoms in total. The molecule has 0 unspecified atom stereocenters. The molecule has 0 aliphatic carbocycles. The Morgan fingerprint density at radius 2 is 2.05 bits per heavy atom. The minimum Gasteiger partial charge on any atom is -0.379 e. The summed E-state index contributed by atoms with van der Waals surface area (Å²) in [5.74, 6) is 0. The van der Waals surface area contributed by atoms with Crippen LogP contribution in [0.1, 0.15) is 21.6 Å². The number of amides is 2. The molecule has 2 amide bonds. The first-order valence-electron chi connectivity index (χ1n) is 7.02. The molecule has 1 N–H and O–H groups in total. The highest BCUT2D eigenvalue weighted by molar-refractivity contribution is 7.15. The topological polar surface area (TPSA) is 54.5 Å². The second-order valence-corrected chi connectivity index (χ2v) is 6.34. The maximum Gasteiger partial charge on any atom is 0.323 e. The zero-order valence-corrected chi connectivity index (χ0v) is 14.2. The molecule has 0 aliphatic rings. The van der Waals surface area contributed by atoms with Crippen LogP contribution in [0.15, 0.2) is 24.4 Å². The number of urea groups is 1. The third-order valence-electron chi connectivity index (χ3n) is 3.44. The molecule has 0 saturated carbocycles. The number of ether oxygens (including phenoxy) is 1. The van der Waals surface area contributed by atoms with E-state index in [2.05, 4.69) is 36.3 Å². The van der Waals surface area contributed by atoms with Crippen LogP contribution in [-0.2, 0) is 17.9 Å². The van der Waals surface area contributed by atoms with Crippen molar-refractivity contribution in [3.05, 3.63) is 46.0 Å². The number of aryl methyl sites for hydroxylation is 2. The van der Waals surface area contributed by atoms with Gasteiger partial charge in [0.25, 0.3) is 0 Å². The molecule has 6 heteroatoms. The van der Waals surface area contributed by atoms with Gasteiger partial charge in [-0.2, -0.15) is 0 Å².